The van der Waals surface area contributed by atoms with Gasteiger partial charge in [0.05, 0.1) is 16.7 Å². The molecule has 1 N–H and O–H groups in total. The maximum atomic E-state index is 13.0. The molecule has 114 valence electrons. The lowest BCUT2D eigenvalue weighted by Crippen LogP contribution is -1.98. The van der Waals surface area contributed by atoms with Crippen molar-refractivity contribution in [3.05, 3.63) is 53.4 Å². The van der Waals surface area contributed by atoms with Crippen LogP contribution in [0, 0.1) is 0 Å². The first-order chi connectivity index (χ1) is 11.2. The van der Waals surface area contributed by atoms with Gasteiger partial charge >= 0.3 is 0 Å². The zero-order valence-electron chi connectivity index (χ0n) is 12.1. The minimum absolute atomic E-state index is 0.327. The third-order valence-electron chi connectivity index (χ3n) is 3.77. The number of H-pyrrole nitrogens is 1. The van der Waals surface area contributed by atoms with Gasteiger partial charge in [-0.1, -0.05) is 11.6 Å². The molecule has 23 heavy (non-hydrogen) atoms. The van der Waals surface area contributed by atoms with Crippen LogP contribution in [0.5, 0.6) is 0 Å². The average molecular weight is 327 g/mol. The van der Waals surface area contributed by atoms with E-state index >= 15 is 0 Å². The number of imidazole rings is 1. The molecular weight excluding hydrogens is 315 g/mol. The van der Waals surface area contributed by atoms with Crippen LogP contribution in [-0.4, -0.2) is 20.9 Å². The SMILES string of the molecule is FC1=NC=C(c2ccc(-c3nc4ccc(Cl)cc4[nH]3)cn2)CC1. The van der Waals surface area contributed by atoms with Gasteiger partial charge in [-0.15, -0.1) is 0 Å². The van der Waals surface area contributed by atoms with Gasteiger partial charge in [0.15, 0.2) is 5.97 Å². The third-order valence-corrected chi connectivity index (χ3v) is 4.01. The Morgan fingerprint density at radius 3 is 2.78 bits per heavy atom. The molecule has 0 fully saturated rings. The van der Waals surface area contributed by atoms with E-state index in [0.717, 1.165) is 33.7 Å². The van der Waals surface area contributed by atoms with E-state index in [4.69, 9.17) is 11.6 Å². The zero-order chi connectivity index (χ0) is 15.8. The number of hydrogen-bond acceptors (Lipinski definition) is 3. The Morgan fingerprint density at radius 1 is 1.13 bits per heavy atom. The number of hydrogen-bond donors (Lipinski definition) is 1. The number of benzene rings is 1. The summed E-state index contributed by atoms with van der Waals surface area (Å²) in [4.78, 5) is 15.9. The second-order valence-electron chi connectivity index (χ2n) is 5.34. The van der Waals surface area contributed by atoms with Gasteiger partial charge in [0.1, 0.15) is 5.82 Å². The van der Waals surface area contributed by atoms with Crippen LogP contribution in [0.15, 0.2) is 47.7 Å². The van der Waals surface area contributed by atoms with Gasteiger partial charge in [-0.2, -0.15) is 4.39 Å². The van der Waals surface area contributed by atoms with E-state index in [0.29, 0.717) is 17.9 Å². The Hall–Kier alpha value is -2.53. The van der Waals surface area contributed by atoms with Crippen LogP contribution >= 0.6 is 11.6 Å². The average Bonchev–Trinajstić information content (AvgIpc) is 2.99. The largest absolute Gasteiger partial charge is 0.338 e. The Kier molecular flexibility index (Phi) is 3.42. The van der Waals surface area contributed by atoms with Crippen molar-refractivity contribution in [3.8, 4) is 11.4 Å². The first kappa shape index (κ1) is 14.1. The van der Waals surface area contributed by atoms with Gasteiger partial charge < -0.3 is 4.98 Å². The Bertz CT molecular complexity index is 941. The van der Waals surface area contributed by atoms with Gasteiger partial charge in [0, 0.05) is 29.4 Å². The quantitative estimate of drug-likeness (QED) is 0.736. The Morgan fingerprint density at radius 2 is 2.04 bits per heavy atom. The van der Waals surface area contributed by atoms with Crippen LogP contribution in [0.3, 0.4) is 0 Å². The summed E-state index contributed by atoms with van der Waals surface area (Å²) in [7, 11) is 0. The van der Waals surface area contributed by atoms with E-state index in [1.807, 2.05) is 30.3 Å². The molecule has 3 heterocycles. The minimum Gasteiger partial charge on any atom is -0.338 e. The van der Waals surface area contributed by atoms with Gasteiger partial charge in [0.2, 0.25) is 0 Å². The highest BCUT2D eigenvalue weighted by atomic mass is 35.5. The number of aromatic nitrogens is 3. The van der Waals surface area contributed by atoms with Gasteiger partial charge in [0.25, 0.3) is 0 Å². The summed E-state index contributed by atoms with van der Waals surface area (Å²) in [6, 6.07) is 9.37. The molecule has 0 aliphatic carbocycles. The number of fused-ring (bicyclic) bond motifs is 1. The monoisotopic (exact) mass is 326 g/mol. The molecule has 3 aromatic rings. The second-order valence-corrected chi connectivity index (χ2v) is 5.78. The molecule has 0 radical (unpaired) electrons. The molecule has 0 amide bonds. The van der Waals surface area contributed by atoms with Crippen molar-refractivity contribution in [2.75, 3.05) is 0 Å². The molecule has 1 aliphatic heterocycles. The molecular formula is C17H12ClFN4. The number of aromatic amines is 1. The molecule has 4 rings (SSSR count). The Balaban J connectivity index is 1.67. The van der Waals surface area contributed by atoms with E-state index in [9.17, 15) is 4.39 Å². The fraction of sp³-hybridized carbons (Fsp3) is 0.118. The van der Waals surface area contributed by atoms with Gasteiger partial charge in [-0.3, -0.25) is 4.98 Å². The number of pyridine rings is 1. The topological polar surface area (TPSA) is 53.9 Å². The number of allylic oxidation sites excluding steroid dienone is 1. The lowest BCUT2D eigenvalue weighted by atomic mass is 10.1. The smallest absolute Gasteiger partial charge is 0.189 e. The van der Waals surface area contributed by atoms with E-state index in [1.54, 1.807) is 12.4 Å². The number of nitrogens with zero attached hydrogens (tertiary/aromatic N) is 3. The van der Waals surface area contributed by atoms with E-state index < -0.39 is 0 Å². The maximum absolute atomic E-state index is 13.0. The maximum Gasteiger partial charge on any atom is 0.189 e. The molecule has 0 saturated heterocycles. The standard InChI is InChI=1S/C17H12ClFN4/c18-12-3-5-14-15(7-12)23-17(22-14)11-1-4-13(20-9-11)10-2-6-16(19)21-8-10/h1,3-5,7-9H,2,6H2,(H,22,23). The lowest BCUT2D eigenvalue weighted by Gasteiger charge is -2.09. The normalized spacial score (nSPS) is 14.7. The predicted molar refractivity (Wildman–Crippen MR) is 90.1 cm³/mol. The van der Waals surface area contributed by atoms with Gasteiger partial charge in [-0.25, -0.2) is 9.98 Å². The van der Waals surface area contributed by atoms with Crippen molar-refractivity contribution in [3.63, 3.8) is 0 Å². The van der Waals surface area contributed by atoms with Crippen LogP contribution in [0.2, 0.25) is 5.02 Å². The molecule has 6 heteroatoms. The first-order valence-electron chi connectivity index (χ1n) is 7.22. The highest BCUT2D eigenvalue weighted by molar-refractivity contribution is 6.31. The number of rotatable bonds is 2. The molecule has 0 unspecified atom stereocenters. The van der Waals surface area contributed by atoms with E-state index in [1.165, 1.54) is 0 Å². The van der Waals surface area contributed by atoms with Crippen LogP contribution in [0.25, 0.3) is 28.0 Å². The molecule has 0 spiro atoms. The molecule has 2 aromatic heterocycles. The van der Waals surface area contributed by atoms with Crippen molar-refractivity contribution >= 4 is 34.2 Å². The summed E-state index contributed by atoms with van der Waals surface area (Å²) in [6.07, 6.45) is 4.25. The summed E-state index contributed by atoms with van der Waals surface area (Å²) in [5.41, 5.74) is 4.37. The van der Waals surface area contributed by atoms with Crippen molar-refractivity contribution in [1.29, 1.82) is 0 Å². The van der Waals surface area contributed by atoms with Crippen molar-refractivity contribution in [2.45, 2.75) is 12.8 Å². The summed E-state index contributed by atoms with van der Waals surface area (Å²) in [6.45, 7) is 0. The van der Waals surface area contributed by atoms with Crippen molar-refractivity contribution in [2.24, 2.45) is 4.99 Å². The molecule has 1 aromatic carbocycles. The van der Waals surface area contributed by atoms with Crippen LogP contribution in [0.1, 0.15) is 18.5 Å². The number of halogens is 2. The van der Waals surface area contributed by atoms with Crippen molar-refractivity contribution in [1.82, 2.24) is 15.0 Å². The van der Waals surface area contributed by atoms with Crippen molar-refractivity contribution < 1.29 is 4.39 Å². The van der Waals surface area contributed by atoms with Crippen LogP contribution in [-0.2, 0) is 0 Å². The number of aliphatic imine (C=N–C) groups is 1. The number of nitrogens with one attached hydrogen (secondary N) is 1. The summed E-state index contributed by atoms with van der Waals surface area (Å²) >= 11 is 5.99. The van der Waals surface area contributed by atoms with E-state index in [-0.39, 0.29) is 5.97 Å². The third kappa shape index (κ3) is 2.75. The Labute approximate surface area is 136 Å². The molecule has 0 bridgehead atoms. The fourth-order valence-electron chi connectivity index (χ4n) is 2.55. The fourth-order valence-corrected chi connectivity index (χ4v) is 2.72. The second kappa shape index (κ2) is 5.59. The van der Waals surface area contributed by atoms with Crippen LogP contribution < -0.4 is 0 Å². The highest BCUT2D eigenvalue weighted by Gasteiger charge is 2.11. The van der Waals surface area contributed by atoms with E-state index in [2.05, 4.69) is 19.9 Å². The zero-order valence-corrected chi connectivity index (χ0v) is 12.8. The lowest BCUT2D eigenvalue weighted by molar-refractivity contribution is 0.754. The minimum atomic E-state index is -0.327. The molecule has 0 atom stereocenters. The summed E-state index contributed by atoms with van der Waals surface area (Å²) < 4.78 is 13.0. The highest BCUT2D eigenvalue weighted by Crippen LogP contribution is 2.26. The molecule has 4 nitrogen and oxygen atoms in total. The predicted octanol–water partition coefficient (Wildman–Crippen LogP) is 4.78. The molecule has 1 aliphatic rings. The molecule has 0 saturated carbocycles. The van der Waals surface area contributed by atoms with Crippen LogP contribution in [0.4, 0.5) is 4.39 Å². The summed E-state index contributed by atoms with van der Waals surface area (Å²) in [5.74, 6) is 0.411. The first-order valence-corrected chi connectivity index (χ1v) is 7.60. The summed E-state index contributed by atoms with van der Waals surface area (Å²) in [5, 5.41) is 0.665. The van der Waals surface area contributed by atoms with Gasteiger partial charge in [-0.05, 0) is 42.3 Å².